The predicted octanol–water partition coefficient (Wildman–Crippen LogP) is 0.428. The van der Waals surface area contributed by atoms with Crippen LogP contribution in [0.2, 0.25) is 0 Å². The van der Waals surface area contributed by atoms with Gasteiger partial charge in [0, 0.05) is 12.6 Å². The molecule has 1 aromatic carbocycles. The summed E-state index contributed by atoms with van der Waals surface area (Å²) in [5.74, 6) is 0.282. The van der Waals surface area contributed by atoms with E-state index in [-0.39, 0.29) is 18.8 Å². The highest BCUT2D eigenvalue weighted by molar-refractivity contribution is 5.28. The van der Waals surface area contributed by atoms with Gasteiger partial charge in [-0.2, -0.15) is 4.98 Å². The van der Waals surface area contributed by atoms with E-state index in [1.165, 1.54) is 10.8 Å². The summed E-state index contributed by atoms with van der Waals surface area (Å²) in [6.07, 6.45) is -0.394. The smallest absolute Gasteiger partial charge is 0.351 e. The number of nitrogens with one attached hydrogen (secondary N) is 1. The number of rotatable bonds is 6. The Morgan fingerprint density at radius 1 is 1.33 bits per heavy atom. The standard InChI is InChI=1S/C16H19N3O5/c20-9-13-12(21)8-15(24-13)19-7-6-14(17-16(19)22)18-23-10-11-4-2-1-3-5-11/h1-7,12-13,15,20-21H,8-10H2,(H,17,18,22)/t12-,13+,15+/m0/s1/i17+1. The van der Waals surface area contributed by atoms with E-state index < -0.39 is 24.1 Å². The Morgan fingerprint density at radius 3 is 2.79 bits per heavy atom. The molecular weight excluding hydrogens is 315 g/mol. The average molecular weight is 334 g/mol. The zero-order valence-electron chi connectivity index (χ0n) is 12.9. The van der Waals surface area contributed by atoms with E-state index >= 15 is 0 Å². The number of hydrogen-bond donors (Lipinski definition) is 3. The number of ether oxygens (including phenoxy) is 1. The van der Waals surface area contributed by atoms with E-state index in [0.717, 1.165) is 5.56 Å². The van der Waals surface area contributed by atoms with E-state index in [1.54, 1.807) is 6.07 Å². The molecule has 0 radical (unpaired) electrons. The fraction of sp³-hybridized carbons (Fsp3) is 0.375. The van der Waals surface area contributed by atoms with Crippen molar-refractivity contribution in [1.82, 2.24) is 9.55 Å². The van der Waals surface area contributed by atoms with E-state index in [1.807, 2.05) is 30.3 Å². The highest BCUT2D eigenvalue weighted by Gasteiger charge is 2.34. The monoisotopic (exact) mass is 334 g/mol. The van der Waals surface area contributed by atoms with Gasteiger partial charge in [0.05, 0.1) is 19.3 Å². The first-order chi connectivity index (χ1) is 11.7. The summed E-state index contributed by atoms with van der Waals surface area (Å²) < 4.78 is 6.72. The van der Waals surface area contributed by atoms with Crippen LogP contribution in [-0.4, -0.2) is 38.6 Å². The van der Waals surface area contributed by atoms with Gasteiger partial charge in [-0.05, 0) is 11.6 Å². The van der Waals surface area contributed by atoms with Gasteiger partial charge in [-0.3, -0.25) is 9.40 Å². The SMILES string of the molecule is O=c1[15n]c(NOCc2ccccc2)ccn1[C@H]1C[C@H](O)[C@@H](CO)O1. The van der Waals surface area contributed by atoms with Crippen molar-refractivity contribution in [2.45, 2.75) is 31.5 Å². The highest BCUT2D eigenvalue weighted by Crippen LogP contribution is 2.27. The first kappa shape index (κ1) is 16.6. The molecular formula is C16H19N3O5. The maximum absolute atomic E-state index is 12.1. The first-order valence-electron chi connectivity index (χ1n) is 7.62. The number of aliphatic hydroxyl groups is 2. The number of nitrogens with zero attached hydrogens (tertiary/aromatic N) is 2. The molecule has 1 saturated heterocycles. The van der Waals surface area contributed by atoms with Crippen LogP contribution < -0.4 is 11.2 Å². The van der Waals surface area contributed by atoms with E-state index in [4.69, 9.17) is 14.7 Å². The predicted molar refractivity (Wildman–Crippen MR) is 85.0 cm³/mol. The van der Waals surface area contributed by atoms with Crippen molar-refractivity contribution in [3.8, 4) is 0 Å². The van der Waals surface area contributed by atoms with Crippen molar-refractivity contribution in [2.24, 2.45) is 0 Å². The van der Waals surface area contributed by atoms with Crippen molar-refractivity contribution in [3.63, 3.8) is 0 Å². The molecule has 0 unspecified atom stereocenters. The molecule has 2 aromatic rings. The number of aromatic nitrogens is 2. The Balaban J connectivity index is 1.60. The van der Waals surface area contributed by atoms with Crippen molar-refractivity contribution >= 4 is 5.82 Å². The molecule has 0 spiro atoms. The van der Waals surface area contributed by atoms with Gasteiger partial charge in [0.2, 0.25) is 0 Å². The van der Waals surface area contributed by atoms with Crippen molar-refractivity contribution in [2.75, 3.05) is 12.1 Å². The Hall–Kier alpha value is -2.26. The number of benzene rings is 1. The van der Waals surface area contributed by atoms with Gasteiger partial charge < -0.3 is 14.9 Å². The molecule has 1 fully saturated rings. The molecule has 2 heterocycles. The Bertz CT molecular complexity index is 721. The van der Waals surface area contributed by atoms with Gasteiger partial charge in [-0.1, -0.05) is 30.3 Å². The van der Waals surface area contributed by atoms with Crippen LogP contribution in [0.25, 0.3) is 0 Å². The van der Waals surface area contributed by atoms with Crippen LogP contribution in [0.1, 0.15) is 18.2 Å². The molecule has 1 aliphatic heterocycles. The van der Waals surface area contributed by atoms with Crippen LogP contribution >= 0.6 is 0 Å². The summed E-state index contributed by atoms with van der Waals surface area (Å²) in [7, 11) is 0. The first-order valence-corrected chi connectivity index (χ1v) is 7.62. The second-order valence-electron chi connectivity index (χ2n) is 5.49. The summed E-state index contributed by atoms with van der Waals surface area (Å²) in [6.45, 7) is 0.0362. The quantitative estimate of drug-likeness (QED) is 0.658. The zero-order valence-corrected chi connectivity index (χ0v) is 12.9. The third kappa shape index (κ3) is 3.80. The third-order valence-corrected chi connectivity index (χ3v) is 3.78. The molecule has 3 rings (SSSR count). The van der Waals surface area contributed by atoms with Gasteiger partial charge in [-0.25, -0.2) is 10.3 Å². The summed E-state index contributed by atoms with van der Waals surface area (Å²) in [5, 5.41) is 18.8. The number of anilines is 1. The van der Waals surface area contributed by atoms with Gasteiger partial charge in [0.25, 0.3) is 0 Å². The van der Waals surface area contributed by atoms with Gasteiger partial charge in [-0.15, -0.1) is 0 Å². The summed E-state index contributed by atoms with van der Waals surface area (Å²) >= 11 is 0. The fourth-order valence-corrected chi connectivity index (χ4v) is 2.51. The summed E-state index contributed by atoms with van der Waals surface area (Å²) in [6, 6.07) is 11.2. The lowest BCUT2D eigenvalue weighted by Crippen LogP contribution is -2.28. The number of hydrogen-bond acceptors (Lipinski definition) is 7. The Kier molecular flexibility index (Phi) is 5.21. The third-order valence-electron chi connectivity index (χ3n) is 3.78. The van der Waals surface area contributed by atoms with E-state index in [2.05, 4.69) is 10.5 Å². The minimum absolute atomic E-state index is 0.226. The molecule has 3 N–H and O–H groups in total. The second kappa shape index (κ2) is 7.54. The van der Waals surface area contributed by atoms with Gasteiger partial charge in [0.1, 0.15) is 12.3 Å². The van der Waals surface area contributed by atoms with Crippen molar-refractivity contribution in [3.05, 3.63) is 58.6 Å². The minimum atomic E-state index is -0.807. The molecule has 24 heavy (non-hydrogen) atoms. The summed E-state index contributed by atoms with van der Waals surface area (Å²) in [5.41, 5.74) is 3.08. The van der Waals surface area contributed by atoms with Crippen LogP contribution in [0.4, 0.5) is 5.82 Å². The zero-order chi connectivity index (χ0) is 16.9. The molecule has 8 heteroatoms. The number of aliphatic hydroxyl groups excluding tert-OH is 2. The Morgan fingerprint density at radius 2 is 2.12 bits per heavy atom. The van der Waals surface area contributed by atoms with Crippen LogP contribution in [0.3, 0.4) is 0 Å². The lowest BCUT2D eigenvalue weighted by atomic mass is 10.2. The topological polar surface area (TPSA) is 106 Å². The van der Waals surface area contributed by atoms with Crippen LogP contribution in [-0.2, 0) is 16.2 Å². The second-order valence-corrected chi connectivity index (χ2v) is 5.49. The van der Waals surface area contributed by atoms with Gasteiger partial charge in [0.15, 0.2) is 5.82 Å². The van der Waals surface area contributed by atoms with Crippen LogP contribution in [0, 0.1) is 0 Å². The summed E-state index contributed by atoms with van der Waals surface area (Å²) in [4.78, 5) is 21.3. The maximum atomic E-state index is 12.1. The molecule has 3 atom stereocenters. The highest BCUT2D eigenvalue weighted by atomic mass is 16.6. The minimum Gasteiger partial charge on any atom is -0.394 e. The lowest BCUT2D eigenvalue weighted by molar-refractivity contribution is -0.0458. The van der Waals surface area contributed by atoms with Crippen LogP contribution in [0.5, 0.6) is 0 Å². The molecule has 0 bridgehead atoms. The van der Waals surface area contributed by atoms with Crippen molar-refractivity contribution in [1.29, 1.82) is 0 Å². The molecule has 1 aromatic heterocycles. The molecule has 0 aliphatic carbocycles. The molecule has 0 amide bonds. The van der Waals surface area contributed by atoms with E-state index in [0.29, 0.717) is 6.61 Å². The molecule has 0 saturated carbocycles. The Labute approximate surface area is 138 Å². The molecule has 1 aliphatic rings. The van der Waals surface area contributed by atoms with Crippen LogP contribution in [0.15, 0.2) is 47.4 Å². The normalized spacial score (nSPS) is 23.3. The maximum Gasteiger partial charge on any atom is 0.351 e. The van der Waals surface area contributed by atoms with Crippen molar-refractivity contribution < 1.29 is 19.8 Å². The largest absolute Gasteiger partial charge is 0.394 e. The lowest BCUT2D eigenvalue weighted by Gasteiger charge is -2.14. The fourth-order valence-electron chi connectivity index (χ4n) is 2.51. The van der Waals surface area contributed by atoms with E-state index in [9.17, 15) is 9.90 Å². The van der Waals surface area contributed by atoms with Gasteiger partial charge >= 0.3 is 5.69 Å². The molecule has 8 nitrogen and oxygen atoms in total. The molecule has 128 valence electrons. The average Bonchev–Trinajstić information content (AvgIpc) is 2.96.